The Morgan fingerprint density at radius 2 is 1.25 bits per heavy atom. The average Bonchev–Trinajstić information content (AvgIpc) is 3.79. The predicted molar refractivity (Wildman–Crippen MR) is 187 cm³/mol. The van der Waals surface area contributed by atoms with Crippen LogP contribution in [-0.4, -0.2) is 3.21 Å². The molecule has 0 nitrogen and oxygen atoms in total. The molecule has 1 saturated carbocycles. The summed E-state index contributed by atoms with van der Waals surface area (Å²) in [6.07, 6.45) is 16.8. The van der Waals surface area contributed by atoms with Crippen LogP contribution in [0.25, 0.3) is 33.4 Å². The van der Waals surface area contributed by atoms with Gasteiger partial charge in [-0.1, -0.05) is 131 Å². The SMILES string of the molecule is CC(C)(C)c1cc2c([c-]c1-c1ccccc1)Cc1cc(-c3ccccc3)c(C(C)(C)C)cc1-2.[C-]1=CC=CC1.[Zr+2]=[C]1CCCC1. The molecule has 0 aromatic heterocycles. The van der Waals surface area contributed by atoms with E-state index < -0.39 is 0 Å². The second-order valence-corrected chi connectivity index (χ2v) is 16.0. The Morgan fingerprint density at radius 1 is 0.659 bits per heavy atom. The Kier molecular flexibility index (Phi) is 10.4. The van der Waals surface area contributed by atoms with E-state index in [1.54, 1.807) is 27.4 Å². The van der Waals surface area contributed by atoms with E-state index in [1.165, 1.54) is 81.3 Å². The van der Waals surface area contributed by atoms with E-state index in [9.17, 15) is 0 Å². The van der Waals surface area contributed by atoms with Crippen LogP contribution in [-0.2, 0) is 41.5 Å². The average molecular weight is 654 g/mol. The quantitative estimate of drug-likeness (QED) is 0.166. The first kappa shape index (κ1) is 32.5. The van der Waals surface area contributed by atoms with Crippen molar-refractivity contribution < 1.29 is 24.2 Å². The number of hydrogen-bond donors (Lipinski definition) is 0. The minimum absolute atomic E-state index is 0.0380. The number of fused-ring (bicyclic) bond motifs is 3. The van der Waals surface area contributed by atoms with Gasteiger partial charge in [0.25, 0.3) is 0 Å². The molecule has 0 heterocycles. The number of rotatable bonds is 2. The van der Waals surface area contributed by atoms with Crippen molar-refractivity contribution >= 4 is 3.21 Å². The van der Waals surface area contributed by atoms with Crippen molar-refractivity contribution in [1.82, 2.24) is 0 Å². The minimum atomic E-state index is 0.0380. The van der Waals surface area contributed by atoms with Gasteiger partial charge in [-0.3, -0.25) is 6.08 Å². The van der Waals surface area contributed by atoms with Gasteiger partial charge in [-0.15, -0.1) is 35.2 Å². The van der Waals surface area contributed by atoms with Crippen molar-refractivity contribution in [3.05, 3.63) is 131 Å². The van der Waals surface area contributed by atoms with Crippen LogP contribution in [0.5, 0.6) is 0 Å². The van der Waals surface area contributed by atoms with E-state index in [0.717, 1.165) is 12.8 Å². The number of hydrogen-bond acceptors (Lipinski definition) is 0. The van der Waals surface area contributed by atoms with E-state index in [0.29, 0.717) is 0 Å². The first-order chi connectivity index (χ1) is 21.0. The van der Waals surface area contributed by atoms with Gasteiger partial charge < -0.3 is 0 Å². The first-order valence-corrected chi connectivity index (χ1v) is 17.4. The Bertz CT molecular complexity index is 1530. The molecule has 3 aliphatic carbocycles. The molecular formula is C43H46Zr. The molecule has 3 aliphatic rings. The van der Waals surface area contributed by atoms with Gasteiger partial charge in [0.1, 0.15) is 0 Å². The van der Waals surface area contributed by atoms with Crippen LogP contribution in [0.3, 0.4) is 0 Å². The Balaban J connectivity index is 0.000000292. The fourth-order valence-electron chi connectivity index (χ4n) is 6.24. The van der Waals surface area contributed by atoms with Crippen molar-refractivity contribution in [2.24, 2.45) is 0 Å². The molecule has 7 rings (SSSR count). The summed E-state index contributed by atoms with van der Waals surface area (Å²) < 4.78 is 1.79. The van der Waals surface area contributed by atoms with Crippen molar-refractivity contribution in [3.63, 3.8) is 0 Å². The van der Waals surface area contributed by atoms with Gasteiger partial charge in [0.2, 0.25) is 0 Å². The van der Waals surface area contributed by atoms with Crippen LogP contribution in [0.4, 0.5) is 0 Å². The van der Waals surface area contributed by atoms with Crippen LogP contribution in [0.2, 0.25) is 0 Å². The molecule has 0 amide bonds. The molecule has 0 saturated heterocycles. The van der Waals surface area contributed by atoms with Gasteiger partial charge in [0.15, 0.2) is 0 Å². The van der Waals surface area contributed by atoms with Crippen LogP contribution in [0, 0.1) is 12.1 Å². The number of benzene rings is 4. The van der Waals surface area contributed by atoms with Crippen LogP contribution >= 0.6 is 0 Å². The molecule has 0 atom stereocenters. The second-order valence-electron chi connectivity index (χ2n) is 14.2. The van der Waals surface area contributed by atoms with Gasteiger partial charge >= 0.3 is 53.1 Å². The van der Waals surface area contributed by atoms with Crippen LogP contribution in [0.15, 0.2) is 97.1 Å². The zero-order chi connectivity index (χ0) is 31.3. The van der Waals surface area contributed by atoms with Gasteiger partial charge in [-0.25, -0.2) is 12.2 Å². The maximum atomic E-state index is 3.88. The van der Waals surface area contributed by atoms with Crippen LogP contribution < -0.4 is 0 Å². The molecule has 0 unspecified atom stereocenters. The van der Waals surface area contributed by atoms with Gasteiger partial charge in [0, 0.05) is 0 Å². The third-order valence-electron chi connectivity index (χ3n) is 8.62. The molecule has 4 aromatic rings. The van der Waals surface area contributed by atoms with Gasteiger partial charge in [-0.05, 0) is 39.5 Å². The molecule has 222 valence electrons. The molecule has 0 spiro atoms. The van der Waals surface area contributed by atoms with E-state index >= 15 is 0 Å². The molecule has 1 fully saturated rings. The normalized spacial score (nSPS) is 14.9. The first-order valence-electron chi connectivity index (χ1n) is 16.2. The second kappa shape index (κ2) is 14.0. The van der Waals surface area contributed by atoms with Crippen molar-refractivity contribution in [2.75, 3.05) is 0 Å². The molecule has 0 aliphatic heterocycles. The summed E-state index contributed by atoms with van der Waals surface area (Å²) in [7, 11) is 0. The summed E-state index contributed by atoms with van der Waals surface area (Å²) in [4.78, 5) is 0. The van der Waals surface area contributed by atoms with Crippen molar-refractivity contribution in [2.45, 2.75) is 90.9 Å². The number of allylic oxidation sites excluding steroid dienone is 4. The molecule has 44 heavy (non-hydrogen) atoms. The molecular weight excluding hydrogens is 608 g/mol. The summed E-state index contributed by atoms with van der Waals surface area (Å²) in [6.45, 7) is 13.9. The summed E-state index contributed by atoms with van der Waals surface area (Å²) in [6, 6.07) is 32.8. The Hall–Kier alpha value is -2.89. The molecule has 0 radical (unpaired) electrons. The van der Waals surface area contributed by atoms with Crippen molar-refractivity contribution in [1.29, 1.82) is 0 Å². The fraction of sp³-hybridized carbons (Fsp3) is 0.326. The Morgan fingerprint density at radius 3 is 1.73 bits per heavy atom. The molecule has 1 heteroatoms. The monoisotopic (exact) mass is 652 g/mol. The summed E-state index contributed by atoms with van der Waals surface area (Å²) in [5.41, 5.74) is 13.5. The van der Waals surface area contributed by atoms with E-state index in [1.807, 2.05) is 12.2 Å². The summed E-state index contributed by atoms with van der Waals surface area (Å²) in [5, 5.41) is 0. The molecule has 0 N–H and O–H groups in total. The van der Waals surface area contributed by atoms with E-state index in [4.69, 9.17) is 0 Å². The third-order valence-corrected chi connectivity index (χ3v) is 9.85. The zero-order valence-electron chi connectivity index (χ0n) is 27.5. The standard InChI is InChI=1S/C33H33.C5H8.C5H5.Zr/c1-32(2,3)30-20-26-24(18-28(30)22-13-9-7-10-14-22)17-25-19-29(23-15-11-8-12-16-23)31(21-27(25)26)33(4,5)6;2*1-2-4-5-3-1;/h7-16,18,20-21H,17H2,1-6H3;1-4H2;1-3H,4H2;/q-1;;-1;+2. The Labute approximate surface area is 281 Å². The van der Waals surface area contributed by atoms with E-state index in [-0.39, 0.29) is 10.8 Å². The van der Waals surface area contributed by atoms with Crippen LogP contribution in [0.1, 0.15) is 95.9 Å². The summed E-state index contributed by atoms with van der Waals surface area (Å²) in [5.74, 6) is 0. The van der Waals surface area contributed by atoms with Gasteiger partial charge in [-0.2, -0.15) is 6.08 Å². The topological polar surface area (TPSA) is 0 Å². The third kappa shape index (κ3) is 7.84. The fourth-order valence-corrected chi connectivity index (χ4v) is 7.11. The summed E-state index contributed by atoms with van der Waals surface area (Å²) >= 11 is 1.68. The van der Waals surface area contributed by atoms with Gasteiger partial charge in [0.05, 0.1) is 0 Å². The zero-order valence-corrected chi connectivity index (χ0v) is 29.9. The maximum absolute atomic E-state index is 3.88. The molecule has 4 aromatic carbocycles. The van der Waals surface area contributed by atoms with Crippen molar-refractivity contribution in [3.8, 4) is 33.4 Å². The van der Waals surface area contributed by atoms with E-state index in [2.05, 4.69) is 139 Å². The predicted octanol–water partition coefficient (Wildman–Crippen LogP) is 11.6. The molecule has 0 bridgehead atoms.